The summed E-state index contributed by atoms with van der Waals surface area (Å²) in [6.07, 6.45) is -8.51. The number of hydrogen-bond acceptors (Lipinski definition) is 21. The second-order valence-corrected chi connectivity index (χ2v) is 20.7. The smallest absolute Gasteiger partial charge is 0.326 e. The average molecular weight is 1370 g/mol. The molecule has 0 aliphatic heterocycles. The number of amides is 9. The molecule has 0 fully saturated rings. The highest BCUT2D eigenvalue weighted by atomic mass is 16.4. The Hall–Kier alpha value is -11.6. The number of nitrogens with zero attached hydrogens (tertiary/aromatic N) is 5. The number of carboxylic acids is 6. The molecule has 0 spiro atoms. The zero-order valence-electron chi connectivity index (χ0n) is 51.8. The minimum Gasteiger partial charge on any atom is -0.481 e. The summed E-state index contributed by atoms with van der Waals surface area (Å²) >= 11 is 0. The Bertz CT molecular complexity index is 2890. The SMILES string of the molecule is NC(N)=NCCC[C@H](NC(=O)[C@H](CC(=O)O)NC(=O)[C@H](CCCN=C(N)N)NC(=O)[C@H](CC(=O)O)NC(=O)[C@H](CCCN=C(N)N)NC(=O)[C@H](CC(=O)O)NC(=O)[C@H](CC(=O)O)NC(=O)[C@H](CCCN=C(N)N)NC(=O)[C@H](CC(=O)O)NC(=O)[C@@H](N)CCCN=C(N)N)C(=O)O. The third kappa shape index (κ3) is 38.3. The number of rotatable bonds is 49. The summed E-state index contributed by atoms with van der Waals surface area (Å²) in [6.45, 7) is -0.771. The van der Waals surface area contributed by atoms with Gasteiger partial charge in [-0.05, 0) is 64.2 Å². The van der Waals surface area contributed by atoms with Crippen molar-refractivity contribution in [3.05, 3.63) is 0 Å². The van der Waals surface area contributed by atoms with E-state index in [1.807, 2.05) is 5.32 Å². The molecule has 46 nitrogen and oxygen atoms in total. The summed E-state index contributed by atoms with van der Waals surface area (Å²) in [7, 11) is 0. The molecule has 37 N–H and O–H groups in total. The van der Waals surface area contributed by atoms with Gasteiger partial charge in [-0.25, -0.2) is 4.79 Å². The normalized spacial score (nSPS) is 13.7. The highest BCUT2D eigenvalue weighted by Crippen LogP contribution is 2.11. The Balaban J connectivity index is 7.28. The lowest BCUT2D eigenvalue weighted by Gasteiger charge is -2.27. The van der Waals surface area contributed by atoms with E-state index in [-0.39, 0.29) is 89.6 Å². The van der Waals surface area contributed by atoms with Crippen molar-refractivity contribution in [2.45, 2.75) is 157 Å². The first kappa shape index (κ1) is 84.4. The van der Waals surface area contributed by atoms with Gasteiger partial charge in [0.05, 0.1) is 38.1 Å². The molecule has 0 saturated heterocycles. The minimum absolute atomic E-state index is 0.00532. The molecule has 0 unspecified atom stereocenters. The van der Waals surface area contributed by atoms with Gasteiger partial charge in [-0.15, -0.1) is 0 Å². The summed E-state index contributed by atoms with van der Waals surface area (Å²) in [5.41, 5.74) is 59.4. The van der Waals surface area contributed by atoms with Crippen molar-refractivity contribution in [2.24, 2.45) is 88.0 Å². The van der Waals surface area contributed by atoms with Crippen molar-refractivity contribution in [1.29, 1.82) is 0 Å². The van der Waals surface area contributed by atoms with Gasteiger partial charge in [0, 0.05) is 32.7 Å². The molecular weight excluding hydrogens is 1290 g/mol. The van der Waals surface area contributed by atoms with Crippen molar-refractivity contribution < 1.29 is 103 Å². The summed E-state index contributed by atoms with van der Waals surface area (Å²) in [6, 6.07) is -19.5. The van der Waals surface area contributed by atoms with Gasteiger partial charge in [0.25, 0.3) is 0 Å². The van der Waals surface area contributed by atoms with E-state index in [0.29, 0.717) is 0 Å². The number of nitrogens with one attached hydrogen (secondary N) is 9. The maximum atomic E-state index is 14.2. The number of nitrogens with two attached hydrogens (primary N) is 11. The standard InChI is InChI=1S/C50H87N25O21/c51-21(6-1-11-62-46(52)53)36(86)71-26(16-31(76)77)40(90)67-22(7-2-12-63-47(54)55)39(89)74-30(20-35(84)85)44(94)75-28(18-33(80)81)42(92)69-23(8-3-13-64-48(56)57)37(87)72-27(17-32(78)79)41(91)68-24(9-4-14-65-49(58)59)38(88)73-29(19-34(82)83)43(93)70-25(45(95)96)10-5-15-66-50(60)61/h21-30H,1-20,51H2,(H,67,90)(H,68,91)(H,69,92)(H,70,93)(H,71,86)(H,72,87)(H,73,88)(H,74,89)(H,75,94)(H,76,77)(H,78,79)(H,80,81)(H,82,83)(H,84,85)(H,95,96)(H4,52,53,62)(H4,54,55,63)(H4,56,57,64)(H4,58,59,65)(H4,60,61,66)/t21-,22-,23-,24-,25-,26-,27-,28-,29-,30-/m0/s1. The van der Waals surface area contributed by atoms with Crippen LogP contribution in [0.15, 0.2) is 25.0 Å². The van der Waals surface area contributed by atoms with E-state index in [2.05, 4.69) is 67.5 Å². The number of aliphatic imine (C=N–C) groups is 5. The van der Waals surface area contributed by atoms with Gasteiger partial charge in [0.2, 0.25) is 53.2 Å². The molecular formula is C50H87N25O21. The van der Waals surface area contributed by atoms with Crippen molar-refractivity contribution in [1.82, 2.24) is 47.9 Å². The number of guanidine groups is 5. The fraction of sp³-hybridized carbons (Fsp3) is 0.600. The van der Waals surface area contributed by atoms with Gasteiger partial charge in [-0.3, -0.25) is 92.1 Å². The molecule has 0 aromatic heterocycles. The predicted molar refractivity (Wildman–Crippen MR) is 334 cm³/mol. The molecule has 10 atom stereocenters. The molecule has 0 heterocycles. The van der Waals surface area contributed by atoms with Crippen LogP contribution >= 0.6 is 0 Å². The zero-order chi connectivity index (χ0) is 73.4. The molecule has 0 aromatic carbocycles. The lowest BCUT2D eigenvalue weighted by atomic mass is 10.0. The number of hydrogen-bond donors (Lipinski definition) is 26. The predicted octanol–water partition coefficient (Wildman–Crippen LogP) is -12.6. The quantitative estimate of drug-likeness (QED) is 0.0153. The highest BCUT2D eigenvalue weighted by molar-refractivity contribution is 6.01. The first-order chi connectivity index (χ1) is 44.8. The Kier molecular flexibility index (Phi) is 39.4. The molecule has 0 aliphatic rings. The fourth-order valence-corrected chi connectivity index (χ4v) is 8.11. The highest BCUT2D eigenvalue weighted by Gasteiger charge is 2.38. The fourth-order valence-electron chi connectivity index (χ4n) is 8.11. The maximum Gasteiger partial charge on any atom is 0.326 e. The third-order valence-corrected chi connectivity index (χ3v) is 12.7. The number of carbonyl (C=O) groups excluding carboxylic acids is 9. The molecule has 0 radical (unpaired) electrons. The van der Waals surface area contributed by atoms with Crippen LogP contribution in [-0.4, -0.2) is 243 Å². The Morgan fingerprint density at radius 1 is 0.250 bits per heavy atom. The molecule has 0 rings (SSSR count). The zero-order valence-corrected chi connectivity index (χ0v) is 51.8. The summed E-state index contributed by atoms with van der Waals surface area (Å²) in [5.74, 6) is -24.6. The van der Waals surface area contributed by atoms with Crippen LogP contribution in [0.3, 0.4) is 0 Å². The van der Waals surface area contributed by atoms with Crippen LogP contribution in [0, 0.1) is 0 Å². The second kappa shape index (κ2) is 44.8. The van der Waals surface area contributed by atoms with E-state index < -0.39 is 219 Å². The minimum atomic E-state index is -2.31. The number of aliphatic carboxylic acids is 6. The van der Waals surface area contributed by atoms with Crippen LogP contribution in [-0.2, 0) is 71.9 Å². The van der Waals surface area contributed by atoms with Gasteiger partial charge in [-0.1, -0.05) is 0 Å². The van der Waals surface area contributed by atoms with E-state index in [0.717, 1.165) is 0 Å². The van der Waals surface area contributed by atoms with Crippen LogP contribution in [0.25, 0.3) is 0 Å². The van der Waals surface area contributed by atoms with Gasteiger partial charge < -0.3 is 142 Å². The third-order valence-electron chi connectivity index (χ3n) is 12.7. The van der Waals surface area contributed by atoms with Crippen molar-refractivity contribution in [2.75, 3.05) is 32.7 Å². The van der Waals surface area contributed by atoms with Crippen molar-refractivity contribution >= 4 is 119 Å². The van der Waals surface area contributed by atoms with E-state index in [1.165, 1.54) is 0 Å². The van der Waals surface area contributed by atoms with Crippen molar-refractivity contribution in [3.8, 4) is 0 Å². The lowest BCUT2D eigenvalue weighted by Crippen LogP contribution is -2.61. The van der Waals surface area contributed by atoms with Crippen LogP contribution < -0.4 is 111 Å². The van der Waals surface area contributed by atoms with Crippen LogP contribution in [0.5, 0.6) is 0 Å². The summed E-state index contributed by atoms with van der Waals surface area (Å²) in [4.78, 5) is 215. The largest absolute Gasteiger partial charge is 0.481 e. The molecule has 0 saturated carbocycles. The van der Waals surface area contributed by atoms with Crippen LogP contribution in [0.1, 0.15) is 96.3 Å². The molecule has 0 bridgehead atoms. The van der Waals surface area contributed by atoms with Gasteiger partial charge in [0.1, 0.15) is 54.4 Å². The topological polar surface area (TPSA) is 834 Å². The maximum absolute atomic E-state index is 14.2. The van der Waals surface area contributed by atoms with E-state index in [9.17, 15) is 103 Å². The summed E-state index contributed by atoms with van der Waals surface area (Å²) < 4.78 is 0. The second-order valence-electron chi connectivity index (χ2n) is 20.7. The lowest BCUT2D eigenvalue weighted by molar-refractivity contribution is -0.144. The van der Waals surface area contributed by atoms with Crippen LogP contribution in [0.2, 0.25) is 0 Å². The molecule has 9 amide bonds. The van der Waals surface area contributed by atoms with Gasteiger partial charge >= 0.3 is 35.8 Å². The first-order valence-electron chi connectivity index (χ1n) is 28.9. The Morgan fingerprint density at radius 2 is 0.417 bits per heavy atom. The van der Waals surface area contributed by atoms with Gasteiger partial charge in [0.15, 0.2) is 29.8 Å². The van der Waals surface area contributed by atoms with E-state index in [4.69, 9.17) is 63.1 Å². The van der Waals surface area contributed by atoms with Gasteiger partial charge in [-0.2, -0.15) is 0 Å². The monoisotopic (exact) mass is 1370 g/mol. The molecule has 46 heteroatoms. The van der Waals surface area contributed by atoms with E-state index >= 15 is 0 Å². The first-order valence-corrected chi connectivity index (χ1v) is 28.9. The average Bonchev–Trinajstić information content (AvgIpc) is 0.913. The Labute approximate surface area is 545 Å². The Morgan fingerprint density at radius 3 is 0.615 bits per heavy atom. The van der Waals surface area contributed by atoms with Crippen LogP contribution in [0.4, 0.5) is 0 Å². The molecule has 0 aliphatic carbocycles. The van der Waals surface area contributed by atoms with Crippen molar-refractivity contribution in [3.63, 3.8) is 0 Å². The molecule has 96 heavy (non-hydrogen) atoms. The van der Waals surface area contributed by atoms with E-state index in [1.54, 1.807) is 0 Å². The molecule has 0 aromatic rings. The number of carbonyl (C=O) groups is 15. The number of carboxylic acid groups (broad SMARTS) is 6. The summed E-state index contributed by atoms with van der Waals surface area (Å²) in [5, 5.41) is 77.6. The molecule has 538 valence electrons.